The summed E-state index contributed by atoms with van der Waals surface area (Å²) in [5.41, 5.74) is -1.07. The zero-order valence-electron chi connectivity index (χ0n) is 12.9. The Kier molecular flexibility index (Phi) is 4.84. The van der Waals surface area contributed by atoms with Crippen LogP contribution in [0, 0.1) is 0 Å². The van der Waals surface area contributed by atoms with Crippen molar-refractivity contribution in [1.29, 1.82) is 0 Å². The van der Waals surface area contributed by atoms with Crippen LogP contribution in [0.5, 0.6) is 5.75 Å². The minimum absolute atomic E-state index is 0.300. The lowest BCUT2D eigenvalue weighted by Crippen LogP contribution is -2.42. The number of ether oxygens (including phenoxy) is 1. The molecule has 0 unspecified atom stereocenters. The molecular weight excluding hydrogens is 366 g/mol. The van der Waals surface area contributed by atoms with Gasteiger partial charge in [0.1, 0.15) is 5.75 Å². The zero-order valence-corrected chi connectivity index (χ0v) is 15.3. The van der Waals surface area contributed by atoms with Gasteiger partial charge in [-0.15, -0.1) is 21.5 Å². The summed E-state index contributed by atoms with van der Waals surface area (Å²) in [4.78, 5) is 13.5. The van der Waals surface area contributed by atoms with E-state index in [0.29, 0.717) is 15.9 Å². The lowest BCUT2D eigenvalue weighted by atomic mass is 10.1. The molecule has 0 fully saturated rings. The molecular formula is C16H14ClN3O2S2. The van der Waals surface area contributed by atoms with Crippen molar-refractivity contribution < 1.29 is 9.53 Å². The second-order valence-electron chi connectivity index (χ2n) is 5.41. The predicted octanol–water partition coefficient (Wildman–Crippen LogP) is 4.72. The maximum Gasteiger partial charge on any atom is 0.269 e. The first-order valence-electron chi connectivity index (χ1n) is 7.07. The number of nitrogens with zero attached hydrogens (tertiary/aromatic N) is 2. The van der Waals surface area contributed by atoms with Crippen molar-refractivity contribution in [2.75, 3.05) is 5.32 Å². The molecule has 0 aliphatic heterocycles. The van der Waals surface area contributed by atoms with Crippen molar-refractivity contribution in [3.05, 3.63) is 46.8 Å². The highest BCUT2D eigenvalue weighted by Crippen LogP contribution is 2.30. The van der Waals surface area contributed by atoms with Crippen LogP contribution in [0.4, 0.5) is 5.13 Å². The Morgan fingerprint density at radius 3 is 2.62 bits per heavy atom. The van der Waals surface area contributed by atoms with Crippen molar-refractivity contribution in [3.63, 3.8) is 0 Å². The van der Waals surface area contributed by atoms with Crippen LogP contribution in [-0.2, 0) is 4.79 Å². The Bertz CT molecular complexity index is 829. The van der Waals surface area contributed by atoms with Gasteiger partial charge in [-0.1, -0.05) is 29.0 Å². The molecule has 0 saturated carbocycles. The van der Waals surface area contributed by atoms with Crippen LogP contribution in [0.3, 0.4) is 0 Å². The Morgan fingerprint density at radius 1 is 1.21 bits per heavy atom. The van der Waals surface area contributed by atoms with E-state index >= 15 is 0 Å². The smallest absolute Gasteiger partial charge is 0.269 e. The van der Waals surface area contributed by atoms with Crippen molar-refractivity contribution in [2.24, 2.45) is 0 Å². The van der Waals surface area contributed by atoms with Crippen molar-refractivity contribution >= 4 is 45.3 Å². The summed E-state index contributed by atoms with van der Waals surface area (Å²) in [6, 6.07) is 10.8. The highest BCUT2D eigenvalue weighted by Gasteiger charge is 2.31. The van der Waals surface area contributed by atoms with E-state index in [1.54, 1.807) is 49.4 Å². The van der Waals surface area contributed by atoms with Crippen molar-refractivity contribution in [3.8, 4) is 15.6 Å². The monoisotopic (exact) mass is 379 g/mol. The average molecular weight is 380 g/mol. The third kappa shape index (κ3) is 3.92. The quantitative estimate of drug-likeness (QED) is 0.696. The van der Waals surface area contributed by atoms with Gasteiger partial charge < -0.3 is 4.74 Å². The van der Waals surface area contributed by atoms with Crippen LogP contribution in [0.15, 0.2) is 41.8 Å². The molecule has 2 aromatic heterocycles. The summed E-state index contributed by atoms with van der Waals surface area (Å²) in [6.45, 7) is 3.39. The molecule has 0 spiro atoms. The second-order valence-corrected chi connectivity index (χ2v) is 7.77. The normalized spacial score (nSPS) is 11.3. The average Bonchev–Trinajstić information content (AvgIpc) is 3.20. The van der Waals surface area contributed by atoms with Crippen LogP contribution in [-0.4, -0.2) is 21.7 Å². The van der Waals surface area contributed by atoms with E-state index in [0.717, 1.165) is 9.88 Å². The molecule has 0 bridgehead atoms. The van der Waals surface area contributed by atoms with Gasteiger partial charge in [0.05, 0.1) is 4.88 Å². The number of anilines is 1. The molecule has 8 heteroatoms. The third-order valence-electron chi connectivity index (χ3n) is 3.11. The Morgan fingerprint density at radius 2 is 1.96 bits per heavy atom. The number of hydrogen-bond acceptors (Lipinski definition) is 6. The molecule has 5 nitrogen and oxygen atoms in total. The molecule has 24 heavy (non-hydrogen) atoms. The van der Waals surface area contributed by atoms with Gasteiger partial charge >= 0.3 is 0 Å². The van der Waals surface area contributed by atoms with Gasteiger partial charge in [-0.3, -0.25) is 10.1 Å². The molecule has 0 atom stereocenters. The number of aromatic nitrogens is 2. The van der Waals surface area contributed by atoms with Gasteiger partial charge in [-0.2, -0.15) is 0 Å². The summed E-state index contributed by atoms with van der Waals surface area (Å²) >= 11 is 8.75. The van der Waals surface area contributed by atoms with E-state index in [1.807, 2.05) is 17.5 Å². The number of benzene rings is 1. The Balaban J connectivity index is 1.68. The summed E-state index contributed by atoms with van der Waals surface area (Å²) in [7, 11) is 0. The number of carbonyl (C=O) groups is 1. The second kappa shape index (κ2) is 6.88. The van der Waals surface area contributed by atoms with Gasteiger partial charge in [0.2, 0.25) is 5.13 Å². The maximum atomic E-state index is 12.5. The lowest BCUT2D eigenvalue weighted by Gasteiger charge is -2.24. The predicted molar refractivity (Wildman–Crippen MR) is 98.0 cm³/mol. The molecule has 1 amide bonds. The van der Waals surface area contributed by atoms with E-state index in [-0.39, 0.29) is 5.91 Å². The Labute approximate surface area is 152 Å². The number of rotatable bonds is 5. The molecule has 3 rings (SSSR count). The lowest BCUT2D eigenvalue weighted by molar-refractivity contribution is -0.128. The number of thiophene rings is 1. The van der Waals surface area contributed by atoms with E-state index in [9.17, 15) is 4.79 Å². The number of carbonyl (C=O) groups excluding carboxylic acids is 1. The number of amides is 1. The molecule has 0 aliphatic rings. The number of halogens is 1. The standard InChI is InChI=1S/C16H14ClN3O2S2/c1-16(2,22-11-7-5-10(17)6-8-11)14(21)18-15-20-19-13(24-15)12-4-3-9-23-12/h3-9H,1-2H3,(H,18,20,21). The van der Waals surface area contributed by atoms with Crippen LogP contribution >= 0.6 is 34.3 Å². The van der Waals surface area contributed by atoms with E-state index < -0.39 is 5.60 Å². The SMILES string of the molecule is CC(C)(Oc1ccc(Cl)cc1)C(=O)Nc1nnc(-c2cccs2)s1. The summed E-state index contributed by atoms with van der Waals surface area (Å²) in [6.07, 6.45) is 0. The summed E-state index contributed by atoms with van der Waals surface area (Å²) < 4.78 is 5.76. The van der Waals surface area contributed by atoms with Gasteiger partial charge in [-0.05, 0) is 49.6 Å². The minimum Gasteiger partial charge on any atom is -0.478 e. The van der Waals surface area contributed by atoms with Crippen LogP contribution in [0.25, 0.3) is 9.88 Å². The third-order valence-corrected chi connectivity index (χ3v) is 5.24. The van der Waals surface area contributed by atoms with E-state index in [2.05, 4.69) is 15.5 Å². The highest BCUT2D eigenvalue weighted by atomic mass is 35.5. The molecule has 3 aromatic rings. The van der Waals surface area contributed by atoms with Crippen molar-refractivity contribution in [1.82, 2.24) is 10.2 Å². The molecule has 124 valence electrons. The van der Waals surface area contributed by atoms with Gasteiger partial charge in [-0.25, -0.2) is 0 Å². The van der Waals surface area contributed by atoms with Crippen LogP contribution in [0.2, 0.25) is 5.02 Å². The number of nitrogens with one attached hydrogen (secondary N) is 1. The van der Waals surface area contributed by atoms with Gasteiger partial charge in [0.15, 0.2) is 10.6 Å². The fourth-order valence-corrected chi connectivity index (χ4v) is 3.52. The van der Waals surface area contributed by atoms with Crippen LogP contribution in [0.1, 0.15) is 13.8 Å². The molecule has 1 aromatic carbocycles. The maximum absolute atomic E-state index is 12.5. The van der Waals surface area contributed by atoms with Gasteiger partial charge in [0, 0.05) is 5.02 Å². The Hall–Kier alpha value is -1.96. The first kappa shape index (κ1) is 16.9. The highest BCUT2D eigenvalue weighted by molar-refractivity contribution is 7.23. The number of hydrogen-bond donors (Lipinski definition) is 1. The fourth-order valence-electron chi connectivity index (χ4n) is 1.86. The first-order chi connectivity index (χ1) is 11.4. The molecule has 1 N–H and O–H groups in total. The minimum atomic E-state index is -1.07. The van der Waals surface area contributed by atoms with E-state index in [4.69, 9.17) is 16.3 Å². The topological polar surface area (TPSA) is 64.1 Å². The summed E-state index contributed by atoms with van der Waals surface area (Å²) in [5, 5.41) is 14.7. The largest absolute Gasteiger partial charge is 0.478 e. The van der Waals surface area contributed by atoms with Crippen LogP contribution < -0.4 is 10.1 Å². The van der Waals surface area contributed by atoms with Crippen molar-refractivity contribution in [2.45, 2.75) is 19.4 Å². The van der Waals surface area contributed by atoms with E-state index in [1.165, 1.54) is 11.3 Å². The molecule has 0 saturated heterocycles. The zero-order chi connectivity index (χ0) is 17.2. The molecule has 0 aliphatic carbocycles. The fraction of sp³-hybridized carbons (Fsp3) is 0.188. The molecule has 0 radical (unpaired) electrons. The van der Waals surface area contributed by atoms with Gasteiger partial charge in [0.25, 0.3) is 5.91 Å². The first-order valence-corrected chi connectivity index (χ1v) is 9.15. The summed E-state index contributed by atoms with van der Waals surface area (Å²) in [5.74, 6) is 0.266. The molecule has 2 heterocycles.